The second-order valence-corrected chi connectivity index (χ2v) is 9.34. The second-order valence-electron chi connectivity index (χ2n) is 8.95. The third kappa shape index (κ3) is 4.09. The van der Waals surface area contributed by atoms with Crippen LogP contribution in [0.5, 0.6) is 0 Å². The molecule has 0 spiro atoms. The number of amides is 1. The van der Waals surface area contributed by atoms with E-state index in [1.54, 1.807) is 23.7 Å². The molecule has 0 radical (unpaired) electrons. The van der Waals surface area contributed by atoms with Gasteiger partial charge in [0.1, 0.15) is 16.5 Å². The summed E-state index contributed by atoms with van der Waals surface area (Å²) >= 11 is 5.96. The van der Waals surface area contributed by atoms with Crippen molar-refractivity contribution in [2.45, 2.75) is 26.8 Å². The van der Waals surface area contributed by atoms with Crippen LogP contribution in [0.15, 0.2) is 57.9 Å². The molecule has 0 bridgehead atoms. The molecule has 0 aliphatic carbocycles. The first-order valence-electron chi connectivity index (χ1n) is 11.4. The molecule has 0 saturated carbocycles. The third-order valence-electron chi connectivity index (χ3n) is 6.21. The molecule has 3 heterocycles. The number of fused-ring (bicyclic) bond motifs is 2. The first-order chi connectivity index (χ1) is 17.1. The largest absolute Gasteiger partial charge is 0.455 e. The van der Waals surface area contributed by atoms with Crippen molar-refractivity contribution >= 4 is 45.1 Å². The SMILES string of the molecule is Cc1cc([C@@H](C)Nc2ccc(Cl)nc2C(N)=O)c2oc(-c3ccc4nn(C)cc4c3)c(C)c(=O)c2c1. The molecular formula is C27H24ClN5O3. The van der Waals surface area contributed by atoms with E-state index in [1.807, 2.05) is 57.4 Å². The van der Waals surface area contributed by atoms with Gasteiger partial charge in [0.25, 0.3) is 5.91 Å². The number of nitrogens with one attached hydrogen (secondary N) is 1. The van der Waals surface area contributed by atoms with Crippen molar-refractivity contribution in [2.75, 3.05) is 5.32 Å². The van der Waals surface area contributed by atoms with Crippen LogP contribution in [0.25, 0.3) is 33.2 Å². The van der Waals surface area contributed by atoms with Crippen LogP contribution in [0.4, 0.5) is 5.69 Å². The fourth-order valence-corrected chi connectivity index (χ4v) is 4.65. The normalized spacial score (nSPS) is 12.2. The van der Waals surface area contributed by atoms with E-state index < -0.39 is 5.91 Å². The number of carbonyl (C=O) groups excluding carboxylic acids is 1. The number of benzene rings is 2. The van der Waals surface area contributed by atoms with Gasteiger partial charge in [0.15, 0.2) is 11.1 Å². The molecule has 8 nitrogen and oxygen atoms in total. The van der Waals surface area contributed by atoms with E-state index in [4.69, 9.17) is 21.8 Å². The van der Waals surface area contributed by atoms with Gasteiger partial charge in [0.05, 0.1) is 22.6 Å². The van der Waals surface area contributed by atoms with E-state index in [1.165, 1.54) is 0 Å². The Morgan fingerprint density at radius 1 is 1.17 bits per heavy atom. The summed E-state index contributed by atoms with van der Waals surface area (Å²) in [5.41, 5.74) is 10.2. The Balaban J connectivity index is 1.67. The fraction of sp³-hybridized carbons (Fsp3) is 0.185. The van der Waals surface area contributed by atoms with Crippen molar-refractivity contribution in [3.8, 4) is 11.3 Å². The number of aryl methyl sites for hydroxylation is 2. The van der Waals surface area contributed by atoms with E-state index in [2.05, 4.69) is 15.4 Å². The molecule has 3 aromatic heterocycles. The van der Waals surface area contributed by atoms with Gasteiger partial charge in [-0.3, -0.25) is 14.3 Å². The minimum Gasteiger partial charge on any atom is -0.455 e. The first kappa shape index (κ1) is 23.6. The zero-order valence-electron chi connectivity index (χ0n) is 20.2. The summed E-state index contributed by atoms with van der Waals surface area (Å²) in [7, 11) is 1.87. The van der Waals surface area contributed by atoms with Crippen LogP contribution < -0.4 is 16.5 Å². The molecule has 1 atom stereocenters. The van der Waals surface area contributed by atoms with Crippen LogP contribution in [0, 0.1) is 13.8 Å². The van der Waals surface area contributed by atoms with Gasteiger partial charge in [0.2, 0.25) is 0 Å². The van der Waals surface area contributed by atoms with Gasteiger partial charge in [0, 0.05) is 35.3 Å². The van der Waals surface area contributed by atoms with Gasteiger partial charge < -0.3 is 15.5 Å². The van der Waals surface area contributed by atoms with Crippen LogP contribution in [0.3, 0.4) is 0 Å². The maximum Gasteiger partial charge on any atom is 0.269 e. The number of hydrogen-bond donors (Lipinski definition) is 2. The Morgan fingerprint density at radius 3 is 2.69 bits per heavy atom. The third-order valence-corrected chi connectivity index (χ3v) is 6.42. The van der Waals surface area contributed by atoms with Crippen LogP contribution >= 0.6 is 11.6 Å². The molecule has 0 fully saturated rings. The zero-order valence-corrected chi connectivity index (χ0v) is 21.0. The fourth-order valence-electron chi connectivity index (χ4n) is 4.51. The molecule has 0 unspecified atom stereocenters. The average Bonchev–Trinajstić information content (AvgIpc) is 3.21. The van der Waals surface area contributed by atoms with Crippen LogP contribution in [-0.4, -0.2) is 20.7 Å². The Hall–Kier alpha value is -4.17. The van der Waals surface area contributed by atoms with Crippen LogP contribution in [-0.2, 0) is 7.05 Å². The Labute approximate surface area is 211 Å². The molecule has 36 heavy (non-hydrogen) atoms. The van der Waals surface area contributed by atoms with E-state index >= 15 is 0 Å². The van der Waals surface area contributed by atoms with Crippen LogP contribution in [0.2, 0.25) is 5.15 Å². The van der Waals surface area contributed by atoms with Gasteiger partial charge >= 0.3 is 0 Å². The average molecular weight is 502 g/mol. The summed E-state index contributed by atoms with van der Waals surface area (Å²) < 4.78 is 8.21. The topological polar surface area (TPSA) is 116 Å². The highest BCUT2D eigenvalue weighted by atomic mass is 35.5. The van der Waals surface area contributed by atoms with Gasteiger partial charge in [-0.2, -0.15) is 5.10 Å². The molecule has 3 N–H and O–H groups in total. The summed E-state index contributed by atoms with van der Waals surface area (Å²) in [4.78, 5) is 29.5. The molecule has 0 saturated heterocycles. The number of halogens is 1. The number of pyridine rings is 1. The number of rotatable bonds is 5. The summed E-state index contributed by atoms with van der Waals surface area (Å²) in [6, 6.07) is 12.4. The quantitative estimate of drug-likeness (QED) is 0.316. The smallest absolute Gasteiger partial charge is 0.269 e. The summed E-state index contributed by atoms with van der Waals surface area (Å²) in [5, 5.41) is 9.31. The Kier molecular flexibility index (Phi) is 5.76. The number of nitrogens with zero attached hydrogens (tertiary/aromatic N) is 3. The lowest BCUT2D eigenvalue weighted by molar-refractivity contribution is 0.0996. The number of carbonyl (C=O) groups is 1. The van der Waals surface area contributed by atoms with E-state index in [-0.39, 0.29) is 22.3 Å². The van der Waals surface area contributed by atoms with Gasteiger partial charge in [-0.15, -0.1) is 0 Å². The van der Waals surface area contributed by atoms with Crippen molar-refractivity contribution in [1.29, 1.82) is 0 Å². The lowest BCUT2D eigenvalue weighted by Crippen LogP contribution is -2.18. The van der Waals surface area contributed by atoms with Gasteiger partial charge in [-0.25, -0.2) is 4.98 Å². The van der Waals surface area contributed by atoms with Gasteiger partial charge in [-0.05, 0) is 62.7 Å². The maximum absolute atomic E-state index is 13.5. The molecule has 2 aromatic carbocycles. The van der Waals surface area contributed by atoms with Gasteiger partial charge in [-0.1, -0.05) is 17.7 Å². The predicted molar refractivity (Wildman–Crippen MR) is 141 cm³/mol. The molecule has 0 aliphatic heterocycles. The summed E-state index contributed by atoms with van der Waals surface area (Å²) in [5.74, 6) is -0.196. The monoisotopic (exact) mass is 501 g/mol. The number of hydrogen-bond acceptors (Lipinski definition) is 6. The molecule has 5 aromatic rings. The molecule has 1 amide bonds. The standard InChI is InChI=1S/C27H24ClN5O3/c1-13-9-18(15(3)30-21-7-8-22(28)31-23(21)27(29)35)26-19(10-13)24(34)14(2)25(36-26)16-5-6-20-17(11-16)12-33(4)32-20/h5-12,15,30H,1-4H3,(H2,29,35)/t15-/m1/s1. The second kappa shape index (κ2) is 8.80. The molecule has 5 rings (SSSR count). The molecule has 0 aliphatic rings. The van der Waals surface area contributed by atoms with Crippen molar-refractivity contribution in [3.05, 3.63) is 86.4 Å². The summed E-state index contributed by atoms with van der Waals surface area (Å²) in [6.45, 7) is 5.61. The maximum atomic E-state index is 13.5. The van der Waals surface area contributed by atoms with Crippen molar-refractivity contribution in [3.63, 3.8) is 0 Å². The first-order valence-corrected chi connectivity index (χ1v) is 11.7. The lowest BCUT2D eigenvalue weighted by atomic mass is 9.98. The van der Waals surface area contributed by atoms with E-state index in [0.29, 0.717) is 28.0 Å². The zero-order chi connectivity index (χ0) is 25.7. The molecule has 182 valence electrons. The van der Waals surface area contributed by atoms with Crippen molar-refractivity contribution in [1.82, 2.24) is 14.8 Å². The minimum absolute atomic E-state index is 0.0362. The Bertz CT molecular complexity index is 1740. The number of primary amides is 1. The van der Waals surface area contributed by atoms with E-state index in [9.17, 15) is 9.59 Å². The van der Waals surface area contributed by atoms with Crippen molar-refractivity contribution in [2.24, 2.45) is 12.8 Å². The molecule has 9 heteroatoms. The highest BCUT2D eigenvalue weighted by molar-refractivity contribution is 6.29. The highest BCUT2D eigenvalue weighted by Gasteiger charge is 2.21. The van der Waals surface area contributed by atoms with Crippen molar-refractivity contribution < 1.29 is 9.21 Å². The highest BCUT2D eigenvalue weighted by Crippen LogP contribution is 2.33. The number of anilines is 1. The predicted octanol–water partition coefficient (Wildman–Crippen LogP) is 5.28. The number of nitrogens with two attached hydrogens (primary N) is 1. The Morgan fingerprint density at radius 2 is 1.94 bits per heavy atom. The minimum atomic E-state index is -0.698. The lowest BCUT2D eigenvalue weighted by Gasteiger charge is -2.20. The van der Waals surface area contributed by atoms with Crippen LogP contribution in [0.1, 0.15) is 40.1 Å². The molecular weight excluding hydrogens is 478 g/mol. The number of aromatic nitrogens is 3. The van der Waals surface area contributed by atoms with E-state index in [0.717, 1.165) is 27.6 Å². The summed E-state index contributed by atoms with van der Waals surface area (Å²) in [6.07, 6.45) is 1.92.